The second-order valence-corrected chi connectivity index (χ2v) is 6.10. The molecule has 6 heteroatoms. The molecule has 1 aromatic heterocycles. The molecule has 1 amide bonds. The lowest BCUT2D eigenvalue weighted by molar-refractivity contribution is -0.120. The summed E-state index contributed by atoms with van der Waals surface area (Å²) < 4.78 is 4.93. The van der Waals surface area contributed by atoms with Crippen LogP contribution in [0.1, 0.15) is 30.2 Å². The normalized spacial score (nSPS) is 11.8. The Morgan fingerprint density at radius 1 is 1.57 bits per heavy atom. The fraction of sp³-hybridized carbons (Fsp3) is 0.533. The van der Waals surface area contributed by atoms with Crippen LogP contribution in [0.15, 0.2) is 11.1 Å². The molecule has 0 spiro atoms. The molecule has 1 aromatic rings. The number of amides is 1. The van der Waals surface area contributed by atoms with Gasteiger partial charge < -0.3 is 10.1 Å². The van der Waals surface area contributed by atoms with E-state index in [0.717, 1.165) is 17.7 Å². The summed E-state index contributed by atoms with van der Waals surface area (Å²) >= 11 is 1.32. The van der Waals surface area contributed by atoms with Crippen LogP contribution in [0.25, 0.3) is 0 Å². The van der Waals surface area contributed by atoms with Gasteiger partial charge in [0.1, 0.15) is 11.1 Å². The summed E-state index contributed by atoms with van der Waals surface area (Å²) in [7, 11) is 1.63. The van der Waals surface area contributed by atoms with E-state index in [4.69, 9.17) is 4.74 Å². The quantitative estimate of drug-likeness (QED) is 0.617. The molecule has 0 aliphatic rings. The van der Waals surface area contributed by atoms with Crippen LogP contribution < -0.4 is 5.32 Å². The van der Waals surface area contributed by atoms with Crippen molar-refractivity contribution < 1.29 is 9.53 Å². The molecule has 21 heavy (non-hydrogen) atoms. The zero-order chi connectivity index (χ0) is 15.8. The van der Waals surface area contributed by atoms with Gasteiger partial charge in [-0.05, 0) is 38.8 Å². The van der Waals surface area contributed by atoms with Crippen LogP contribution in [0.4, 0.5) is 0 Å². The standard InChI is InChI=1S/C15H21N3O2S/c1-10-8-11(2)18-15(13(10)9-16)21-12(3)14(19)17-6-5-7-20-4/h8,12H,5-7H2,1-4H3,(H,17,19). The minimum atomic E-state index is -0.298. The van der Waals surface area contributed by atoms with E-state index in [1.165, 1.54) is 11.8 Å². The Morgan fingerprint density at radius 3 is 2.90 bits per heavy atom. The number of nitrogens with zero attached hydrogens (tertiary/aromatic N) is 2. The number of ether oxygens (including phenoxy) is 1. The molecule has 0 bridgehead atoms. The molecule has 114 valence electrons. The van der Waals surface area contributed by atoms with E-state index in [9.17, 15) is 10.1 Å². The first-order valence-electron chi connectivity index (χ1n) is 6.81. The van der Waals surface area contributed by atoms with Crippen LogP contribution in [0.3, 0.4) is 0 Å². The molecular formula is C15H21N3O2S. The van der Waals surface area contributed by atoms with Gasteiger partial charge in [0.25, 0.3) is 0 Å². The number of methoxy groups -OCH3 is 1. The van der Waals surface area contributed by atoms with Gasteiger partial charge in [-0.25, -0.2) is 4.98 Å². The van der Waals surface area contributed by atoms with Gasteiger partial charge in [0.2, 0.25) is 5.91 Å². The third-order valence-electron chi connectivity index (χ3n) is 2.91. The Labute approximate surface area is 130 Å². The van der Waals surface area contributed by atoms with E-state index in [1.54, 1.807) is 7.11 Å². The lowest BCUT2D eigenvalue weighted by Gasteiger charge is -2.13. The molecule has 1 heterocycles. The molecule has 1 unspecified atom stereocenters. The molecule has 5 nitrogen and oxygen atoms in total. The summed E-state index contributed by atoms with van der Waals surface area (Å²) in [6, 6.07) is 4.04. The first kappa shape index (κ1) is 17.5. The highest BCUT2D eigenvalue weighted by molar-refractivity contribution is 8.00. The van der Waals surface area contributed by atoms with Crippen LogP contribution >= 0.6 is 11.8 Å². The molecule has 0 aliphatic heterocycles. The van der Waals surface area contributed by atoms with E-state index in [1.807, 2.05) is 26.8 Å². The number of rotatable bonds is 7. The maximum absolute atomic E-state index is 12.0. The Hall–Kier alpha value is -1.58. The first-order chi connectivity index (χ1) is 9.99. The van der Waals surface area contributed by atoms with Crippen molar-refractivity contribution in [2.45, 2.75) is 37.5 Å². The predicted molar refractivity (Wildman–Crippen MR) is 83.2 cm³/mol. The van der Waals surface area contributed by atoms with Gasteiger partial charge >= 0.3 is 0 Å². The topological polar surface area (TPSA) is 75.0 Å². The molecule has 0 fully saturated rings. The number of carbonyl (C=O) groups excluding carboxylic acids is 1. The van der Waals surface area contributed by atoms with Crippen molar-refractivity contribution >= 4 is 17.7 Å². The third-order valence-corrected chi connectivity index (χ3v) is 3.99. The maximum Gasteiger partial charge on any atom is 0.233 e. The predicted octanol–water partition coefficient (Wildman–Crippen LogP) is 2.20. The number of hydrogen-bond donors (Lipinski definition) is 1. The van der Waals surface area contributed by atoms with E-state index < -0.39 is 0 Å². The Kier molecular flexibility index (Phi) is 7.20. The molecule has 1 atom stereocenters. The lowest BCUT2D eigenvalue weighted by Crippen LogP contribution is -2.32. The highest BCUT2D eigenvalue weighted by Crippen LogP contribution is 2.27. The largest absolute Gasteiger partial charge is 0.385 e. The number of thioether (sulfide) groups is 1. The Morgan fingerprint density at radius 2 is 2.29 bits per heavy atom. The molecule has 0 radical (unpaired) electrons. The van der Waals surface area contributed by atoms with Gasteiger partial charge in [-0.15, -0.1) is 0 Å². The van der Waals surface area contributed by atoms with Crippen molar-refractivity contribution in [3.05, 3.63) is 22.9 Å². The highest BCUT2D eigenvalue weighted by atomic mass is 32.2. The first-order valence-corrected chi connectivity index (χ1v) is 7.69. The van der Waals surface area contributed by atoms with Crippen molar-refractivity contribution in [2.24, 2.45) is 0 Å². The SMILES string of the molecule is COCCCNC(=O)C(C)Sc1nc(C)cc(C)c1C#N. The second kappa shape index (κ2) is 8.65. The van der Waals surface area contributed by atoms with Gasteiger partial charge in [-0.2, -0.15) is 5.26 Å². The molecule has 0 aromatic carbocycles. The van der Waals surface area contributed by atoms with Crippen LogP contribution in [0.2, 0.25) is 0 Å². The van der Waals surface area contributed by atoms with E-state index in [0.29, 0.717) is 23.7 Å². The Balaban J connectivity index is 2.68. The van der Waals surface area contributed by atoms with E-state index in [-0.39, 0.29) is 11.2 Å². The molecule has 0 aliphatic carbocycles. The number of carbonyl (C=O) groups is 1. The minimum absolute atomic E-state index is 0.0547. The molecule has 1 rings (SSSR count). The fourth-order valence-corrected chi connectivity index (χ4v) is 2.86. The number of hydrogen-bond acceptors (Lipinski definition) is 5. The number of nitriles is 1. The minimum Gasteiger partial charge on any atom is -0.385 e. The molecule has 0 saturated carbocycles. The summed E-state index contributed by atoms with van der Waals surface area (Å²) in [5, 5.41) is 12.4. The van der Waals surface area contributed by atoms with Crippen molar-refractivity contribution in [2.75, 3.05) is 20.3 Å². The maximum atomic E-state index is 12.0. The molecular weight excluding hydrogens is 286 g/mol. The van der Waals surface area contributed by atoms with Gasteiger partial charge in [-0.3, -0.25) is 4.79 Å². The van der Waals surface area contributed by atoms with Gasteiger partial charge in [0.05, 0.1) is 10.8 Å². The van der Waals surface area contributed by atoms with Crippen molar-refractivity contribution in [1.82, 2.24) is 10.3 Å². The highest BCUT2D eigenvalue weighted by Gasteiger charge is 2.18. The lowest BCUT2D eigenvalue weighted by atomic mass is 10.1. The molecule has 0 saturated heterocycles. The second-order valence-electron chi connectivity index (χ2n) is 4.77. The Bertz CT molecular complexity index is 540. The third kappa shape index (κ3) is 5.37. The van der Waals surface area contributed by atoms with E-state index >= 15 is 0 Å². The zero-order valence-electron chi connectivity index (χ0n) is 12.9. The van der Waals surface area contributed by atoms with Crippen molar-refractivity contribution in [3.8, 4) is 6.07 Å². The van der Waals surface area contributed by atoms with Crippen LogP contribution in [-0.4, -0.2) is 36.4 Å². The monoisotopic (exact) mass is 307 g/mol. The van der Waals surface area contributed by atoms with Gasteiger partial charge in [0.15, 0.2) is 0 Å². The summed E-state index contributed by atoms with van der Waals surface area (Å²) in [6.45, 7) is 6.79. The number of nitrogens with one attached hydrogen (secondary N) is 1. The number of aryl methyl sites for hydroxylation is 2. The fourth-order valence-electron chi connectivity index (χ4n) is 1.82. The summed E-state index contributed by atoms with van der Waals surface area (Å²) in [6.07, 6.45) is 0.783. The summed E-state index contributed by atoms with van der Waals surface area (Å²) in [5.41, 5.74) is 2.28. The average Bonchev–Trinajstić information content (AvgIpc) is 2.43. The van der Waals surface area contributed by atoms with Crippen LogP contribution in [-0.2, 0) is 9.53 Å². The summed E-state index contributed by atoms with van der Waals surface area (Å²) in [5.74, 6) is -0.0547. The van der Waals surface area contributed by atoms with Crippen LogP contribution in [0, 0.1) is 25.2 Å². The van der Waals surface area contributed by atoms with Gasteiger partial charge in [-0.1, -0.05) is 11.8 Å². The van der Waals surface area contributed by atoms with Crippen molar-refractivity contribution in [3.63, 3.8) is 0 Å². The number of aromatic nitrogens is 1. The zero-order valence-corrected chi connectivity index (χ0v) is 13.7. The number of pyridine rings is 1. The smallest absolute Gasteiger partial charge is 0.233 e. The van der Waals surface area contributed by atoms with Crippen LogP contribution in [0.5, 0.6) is 0 Å². The summed E-state index contributed by atoms with van der Waals surface area (Å²) in [4.78, 5) is 16.4. The van der Waals surface area contributed by atoms with E-state index in [2.05, 4.69) is 16.4 Å². The van der Waals surface area contributed by atoms with Gasteiger partial charge in [0, 0.05) is 26.0 Å². The average molecular weight is 307 g/mol. The van der Waals surface area contributed by atoms with Crippen molar-refractivity contribution in [1.29, 1.82) is 5.26 Å². The molecule has 1 N–H and O–H groups in total.